The largest absolute Gasteiger partial charge is 0.533 e. The van der Waals surface area contributed by atoms with E-state index in [1.165, 1.54) is 0 Å². The third-order valence-corrected chi connectivity index (χ3v) is 6.37. The number of nitrogens with one attached hydrogen (secondary N) is 1. The number of benzene rings is 2. The molecule has 1 N–H and O–H groups in total. The van der Waals surface area contributed by atoms with Crippen LogP contribution in [0.4, 0.5) is 10.5 Å². The van der Waals surface area contributed by atoms with Crippen molar-refractivity contribution in [3.05, 3.63) is 53.1 Å². The normalized spacial score (nSPS) is 15.9. The van der Waals surface area contributed by atoms with Gasteiger partial charge in [0.15, 0.2) is 5.78 Å². The number of imide groups is 1. The van der Waals surface area contributed by atoms with Crippen molar-refractivity contribution >= 4 is 35.3 Å². The second kappa shape index (κ2) is 10.7. The van der Waals surface area contributed by atoms with E-state index in [9.17, 15) is 24.0 Å². The van der Waals surface area contributed by atoms with Gasteiger partial charge in [0.05, 0.1) is 0 Å². The molecule has 2 aromatic carbocycles. The summed E-state index contributed by atoms with van der Waals surface area (Å²) in [6.45, 7) is 3.64. The number of Topliss-reactive ketones (excluding diaryl/α,β-unsaturated/α-hetero) is 1. The predicted octanol–water partition coefficient (Wildman–Crippen LogP) is 4.74. The van der Waals surface area contributed by atoms with E-state index >= 15 is 0 Å². The fraction of sp³-hybridized carbons (Fsp3) is 0.370. The zero-order valence-electron chi connectivity index (χ0n) is 20.3. The molecule has 1 heterocycles. The molecule has 1 fully saturated rings. The number of hydrogen-bond donors (Lipinski definition) is 1. The number of unbranched alkanes of at least 4 members (excludes halogenated alkanes) is 1. The lowest BCUT2D eigenvalue weighted by molar-refractivity contribution is -0.177. The van der Waals surface area contributed by atoms with Crippen LogP contribution in [0.25, 0.3) is 11.1 Å². The van der Waals surface area contributed by atoms with E-state index in [1.54, 1.807) is 25.1 Å². The Bertz CT molecular complexity index is 1220. The molecule has 1 saturated heterocycles. The number of nitrogens with zero attached hydrogens (tertiary/aromatic N) is 1. The quantitative estimate of drug-likeness (QED) is 0.305. The molecule has 0 spiro atoms. The summed E-state index contributed by atoms with van der Waals surface area (Å²) in [6.07, 6.45) is 1.23. The van der Waals surface area contributed by atoms with Crippen LogP contribution in [0.3, 0.4) is 0 Å². The molecule has 0 radical (unpaired) electrons. The first-order valence-electron chi connectivity index (χ1n) is 12.1. The number of hydrogen-bond acceptors (Lipinski definition) is 7. The van der Waals surface area contributed by atoms with Gasteiger partial charge >= 0.3 is 6.16 Å². The number of rotatable bonds is 9. The average Bonchev–Trinajstić information content (AvgIpc) is 3.36. The Hall–Kier alpha value is -4.01. The third-order valence-electron chi connectivity index (χ3n) is 6.37. The third kappa shape index (κ3) is 5.00. The van der Waals surface area contributed by atoms with Gasteiger partial charge in [-0.15, -0.1) is 0 Å². The van der Waals surface area contributed by atoms with Gasteiger partial charge in [0.25, 0.3) is 11.8 Å². The van der Waals surface area contributed by atoms with Gasteiger partial charge in [-0.1, -0.05) is 49.6 Å². The molecular weight excluding hydrogens is 464 g/mol. The molecule has 2 aliphatic rings. The van der Waals surface area contributed by atoms with Crippen LogP contribution in [0.1, 0.15) is 79.8 Å². The molecule has 1 aliphatic heterocycles. The number of anilines is 1. The smallest absolute Gasteiger partial charge is 0.432 e. The molecule has 0 saturated carbocycles. The Kier molecular flexibility index (Phi) is 7.47. The molecule has 4 rings (SSSR count). The predicted molar refractivity (Wildman–Crippen MR) is 130 cm³/mol. The van der Waals surface area contributed by atoms with Gasteiger partial charge in [-0.3, -0.25) is 24.0 Å². The lowest BCUT2D eigenvalue weighted by Crippen LogP contribution is -2.32. The van der Waals surface area contributed by atoms with Gasteiger partial charge in [-0.05, 0) is 40.8 Å². The lowest BCUT2D eigenvalue weighted by atomic mass is 9.93. The summed E-state index contributed by atoms with van der Waals surface area (Å²) in [5, 5.41) is 3.27. The maximum absolute atomic E-state index is 13.0. The van der Waals surface area contributed by atoms with Gasteiger partial charge in [-0.25, -0.2) is 4.79 Å². The molecule has 1 aliphatic carbocycles. The number of fused-ring (bicyclic) bond motifs is 3. The number of carbonyl (C=O) groups excluding carboxylic acids is 5. The number of hydroxylamine groups is 2. The van der Waals surface area contributed by atoms with Crippen LogP contribution in [-0.4, -0.2) is 41.3 Å². The lowest BCUT2D eigenvalue weighted by Gasteiger charge is -2.17. The van der Waals surface area contributed by atoms with Crippen LogP contribution < -0.4 is 5.32 Å². The average molecular weight is 493 g/mol. The minimum absolute atomic E-state index is 0.0173. The summed E-state index contributed by atoms with van der Waals surface area (Å²) >= 11 is 0. The van der Waals surface area contributed by atoms with Crippen molar-refractivity contribution in [3.63, 3.8) is 0 Å². The van der Waals surface area contributed by atoms with E-state index in [1.807, 2.05) is 25.1 Å². The highest BCUT2D eigenvalue weighted by atomic mass is 16.8. The summed E-state index contributed by atoms with van der Waals surface area (Å²) in [4.78, 5) is 65.6. The molecule has 36 heavy (non-hydrogen) atoms. The molecule has 9 nitrogen and oxygen atoms in total. The summed E-state index contributed by atoms with van der Waals surface area (Å²) < 4.78 is 5.33. The van der Waals surface area contributed by atoms with Gasteiger partial charge in [0.1, 0.15) is 6.61 Å². The fourth-order valence-electron chi connectivity index (χ4n) is 4.53. The van der Waals surface area contributed by atoms with Crippen molar-refractivity contribution in [1.29, 1.82) is 0 Å². The Morgan fingerprint density at radius 1 is 1.03 bits per heavy atom. The van der Waals surface area contributed by atoms with Gasteiger partial charge in [0.2, 0.25) is 5.91 Å². The highest BCUT2D eigenvalue weighted by Crippen LogP contribution is 2.47. The Balaban J connectivity index is 1.64. The summed E-state index contributed by atoms with van der Waals surface area (Å²) in [7, 11) is 0. The molecule has 1 atom stereocenters. The molecule has 188 valence electrons. The Labute approximate surface area is 208 Å². The van der Waals surface area contributed by atoms with Crippen molar-refractivity contribution in [2.75, 3.05) is 11.9 Å². The van der Waals surface area contributed by atoms with Gasteiger partial charge in [-0.2, -0.15) is 0 Å². The molecule has 0 aromatic heterocycles. The van der Waals surface area contributed by atoms with Crippen molar-refractivity contribution in [3.8, 4) is 11.1 Å². The fourth-order valence-corrected chi connectivity index (χ4v) is 4.53. The first-order chi connectivity index (χ1) is 17.3. The number of carbonyl (C=O) groups is 5. The van der Waals surface area contributed by atoms with E-state index in [-0.39, 0.29) is 31.1 Å². The Morgan fingerprint density at radius 2 is 1.78 bits per heavy atom. The first kappa shape index (κ1) is 25.1. The molecule has 0 bridgehead atoms. The van der Waals surface area contributed by atoms with Crippen molar-refractivity contribution in [2.24, 2.45) is 0 Å². The van der Waals surface area contributed by atoms with Crippen LogP contribution in [-0.2, 0) is 24.0 Å². The van der Waals surface area contributed by atoms with E-state index in [0.717, 1.165) is 35.1 Å². The monoisotopic (exact) mass is 492 g/mol. The minimum atomic E-state index is -1.17. The number of amides is 3. The van der Waals surface area contributed by atoms with Crippen molar-refractivity contribution < 1.29 is 33.5 Å². The second-order valence-electron chi connectivity index (χ2n) is 8.79. The summed E-state index contributed by atoms with van der Waals surface area (Å²) in [6, 6.07) is 10.9. The molecule has 3 amide bonds. The van der Waals surface area contributed by atoms with Gasteiger partial charge in [0, 0.05) is 42.9 Å². The maximum Gasteiger partial charge on any atom is 0.533 e. The van der Waals surface area contributed by atoms with Crippen LogP contribution >= 0.6 is 0 Å². The van der Waals surface area contributed by atoms with E-state index in [0.29, 0.717) is 29.2 Å². The number of ketones is 1. The zero-order chi connectivity index (χ0) is 25.8. The highest BCUT2D eigenvalue weighted by molar-refractivity contribution is 6.05. The highest BCUT2D eigenvalue weighted by Gasteiger charge is 2.36. The molecule has 1 unspecified atom stereocenters. The van der Waals surface area contributed by atoms with Crippen LogP contribution in [0.2, 0.25) is 0 Å². The molecule has 2 aromatic rings. The van der Waals surface area contributed by atoms with E-state index in [2.05, 4.69) is 5.32 Å². The van der Waals surface area contributed by atoms with Crippen molar-refractivity contribution in [1.82, 2.24) is 5.06 Å². The van der Waals surface area contributed by atoms with Gasteiger partial charge < -0.3 is 10.1 Å². The van der Waals surface area contributed by atoms with E-state index < -0.39 is 23.9 Å². The zero-order valence-corrected chi connectivity index (χ0v) is 20.3. The maximum atomic E-state index is 13.0. The topological polar surface area (TPSA) is 119 Å². The molecule has 9 heteroatoms. The van der Waals surface area contributed by atoms with Crippen LogP contribution in [0.5, 0.6) is 0 Å². The van der Waals surface area contributed by atoms with Crippen molar-refractivity contribution in [2.45, 2.75) is 58.3 Å². The molecular formula is C27H28N2O7. The summed E-state index contributed by atoms with van der Waals surface area (Å²) in [5.74, 6) is -1.74. The van der Waals surface area contributed by atoms with Crippen LogP contribution in [0.15, 0.2) is 36.4 Å². The second-order valence-corrected chi connectivity index (χ2v) is 8.79. The number of ether oxygens (including phenoxy) is 1. The SMILES string of the molecule is CCCCC(=O)c1cccc2c1-c1ccc(NC(=O)CC)cc1C2COC(=O)ON1C(=O)CCC1=O. The van der Waals surface area contributed by atoms with Crippen LogP contribution in [0, 0.1) is 0 Å². The minimum Gasteiger partial charge on any atom is -0.432 e. The van der Waals surface area contributed by atoms with E-state index in [4.69, 9.17) is 9.57 Å². The first-order valence-corrected chi connectivity index (χ1v) is 12.1. The standard InChI is InChI=1S/C27H28N2O7/c1-3-5-9-22(30)19-8-6-7-17-21(15-35-27(34)36-29-24(32)12-13-25(29)33)20-14-16(28-23(31)4-2)10-11-18(20)26(17)19/h6-8,10-11,14,21H,3-5,9,12-13,15H2,1-2H3,(H,28,31). The Morgan fingerprint density at radius 3 is 2.47 bits per heavy atom. The summed E-state index contributed by atoms with van der Waals surface area (Å²) in [5.41, 5.74) is 4.41.